The predicted octanol–water partition coefficient (Wildman–Crippen LogP) is 3.63. The van der Waals surface area contributed by atoms with E-state index in [1.54, 1.807) is 0 Å². The summed E-state index contributed by atoms with van der Waals surface area (Å²) in [6, 6.07) is 8.28. The molecule has 0 aliphatic rings. The van der Waals surface area contributed by atoms with Gasteiger partial charge in [0, 0.05) is 6.04 Å². The van der Waals surface area contributed by atoms with Crippen molar-refractivity contribution in [2.45, 2.75) is 52.2 Å². The minimum absolute atomic E-state index is 0.211. The third kappa shape index (κ3) is 5.11. The summed E-state index contributed by atoms with van der Waals surface area (Å²) in [6.07, 6.45) is 3.50. The number of nitrogens with one attached hydrogen (secondary N) is 1. The molecule has 3 heteroatoms. The highest BCUT2D eigenvalue weighted by Crippen LogP contribution is 2.21. The smallest absolute Gasteiger partial charge is 0.120 e. The summed E-state index contributed by atoms with van der Waals surface area (Å²) in [4.78, 5) is 0. The monoisotopic (exact) mass is 265 g/mol. The second-order valence-corrected chi connectivity index (χ2v) is 4.65. The van der Waals surface area contributed by atoms with E-state index in [0.29, 0.717) is 12.6 Å². The largest absolute Gasteiger partial charge is 0.494 e. The Morgan fingerprint density at radius 2 is 1.68 bits per heavy atom. The molecule has 0 radical (unpaired) electrons. The Hall–Kier alpha value is -1.22. The second kappa shape index (κ2) is 8.81. The average molecular weight is 265 g/mol. The first kappa shape index (κ1) is 15.8. The minimum atomic E-state index is 0.211. The van der Waals surface area contributed by atoms with Crippen LogP contribution in [0.2, 0.25) is 0 Å². The van der Waals surface area contributed by atoms with Gasteiger partial charge < -0.3 is 14.8 Å². The molecule has 0 saturated heterocycles. The number of hydrogen-bond donors (Lipinski definition) is 1. The standard InChI is InChI=1S/C16H27NO2/c1-5-8-15(17-4)16(6-2)19-14-11-9-13(10-12-14)18-7-3/h9-12,15-17H,5-8H2,1-4H3. The average Bonchev–Trinajstić information content (AvgIpc) is 2.44. The van der Waals surface area contributed by atoms with Crippen molar-refractivity contribution >= 4 is 0 Å². The molecule has 0 aliphatic carbocycles. The molecule has 0 saturated carbocycles. The van der Waals surface area contributed by atoms with Crippen molar-refractivity contribution in [1.29, 1.82) is 0 Å². The van der Waals surface area contributed by atoms with Gasteiger partial charge in [0.25, 0.3) is 0 Å². The van der Waals surface area contributed by atoms with E-state index in [1.165, 1.54) is 0 Å². The predicted molar refractivity (Wildman–Crippen MR) is 80.1 cm³/mol. The van der Waals surface area contributed by atoms with Gasteiger partial charge in [-0.1, -0.05) is 20.3 Å². The Kier molecular flexibility index (Phi) is 7.34. The first-order valence-electron chi connectivity index (χ1n) is 7.31. The lowest BCUT2D eigenvalue weighted by Gasteiger charge is -2.26. The van der Waals surface area contributed by atoms with E-state index in [-0.39, 0.29) is 6.10 Å². The van der Waals surface area contributed by atoms with E-state index in [9.17, 15) is 0 Å². The molecule has 1 aromatic rings. The van der Waals surface area contributed by atoms with Gasteiger partial charge in [0.15, 0.2) is 0 Å². The number of hydrogen-bond acceptors (Lipinski definition) is 3. The molecule has 108 valence electrons. The number of rotatable bonds is 9. The van der Waals surface area contributed by atoms with Crippen LogP contribution in [0.25, 0.3) is 0 Å². The molecule has 1 rings (SSSR count). The molecule has 0 amide bonds. The highest BCUT2D eigenvalue weighted by molar-refractivity contribution is 5.31. The summed E-state index contributed by atoms with van der Waals surface area (Å²) < 4.78 is 11.5. The van der Waals surface area contributed by atoms with E-state index in [2.05, 4.69) is 19.2 Å². The molecular formula is C16H27NO2. The van der Waals surface area contributed by atoms with Gasteiger partial charge in [0.2, 0.25) is 0 Å². The lowest BCUT2D eigenvalue weighted by Crippen LogP contribution is -2.40. The molecule has 0 aliphatic heterocycles. The van der Waals surface area contributed by atoms with Crippen molar-refractivity contribution in [3.8, 4) is 11.5 Å². The molecule has 1 N–H and O–H groups in total. The van der Waals surface area contributed by atoms with Crippen LogP contribution in [0.4, 0.5) is 0 Å². The number of benzene rings is 1. The molecule has 0 aromatic heterocycles. The molecule has 0 fully saturated rings. The van der Waals surface area contributed by atoms with Crippen molar-refractivity contribution in [3.05, 3.63) is 24.3 Å². The van der Waals surface area contributed by atoms with Gasteiger partial charge in [-0.15, -0.1) is 0 Å². The van der Waals surface area contributed by atoms with Crippen molar-refractivity contribution in [2.75, 3.05) is 13.7 Å². The molecule has 3 nitrogen and oxygen atoms in total. The summed E-state index contributed by atoms with van der Waals surface area (Å²) >= 11 is 0. The first-order valence-corrected chi connectivity index (χ1v) is 7.31. The maximum Gasteiger partial charge on any atom is 0.120 e. The van der Waals surface area contributed by atoms with Crippen LogP contribution < -0.4 is 14.8 Å². The molecule has 0 spiro atoms. The van der Waals surface area contributed by atoms with Crippen LogP contribution in [0.1, 0.15) is 40.0 Å². The fourth-order valence-corrected chi connectivity index (χ4v) is 2.23. The van der Waals surface area contributed by atoms with E-state index in [4.69, 9.17) is 9.47 Å². The number of ether oxygens (including phenoxy) is 2. The maximum atomic E-state index is 6.08. The van der Waals surface area contributed by atoms with Gasteiger partial charge in [-0.05, 0) is 51.1 Å². The lowest BCUT2D eigenvalue weighted by molar-refractivity contribution is 0.146. The van der Waals surface area contributed by atoms with Crippen LogP contribution >= 0.6 is 0 Å². The van der Waals surface area contributed by atoms with Crippen LogP contribution in [-0.2, 0) is 0 Å². The van der Waals surface area contributed by atoms with E-state index < -0.39 is 0 Å². The molecule has 0 heterocycles. The molecular weight excluding hydrogens is 238 g/mol. The van der Waals surface area contributed by atoms with Gasteiger partial charge >= 0.3 is 0 Å². The van der Waals surface area contributed by atoms with E-state index in [1.807, 2.05) is 38.2 Å². The Morgan fingerprint density at radius 1 is 1.05 bits per heavy atom. The fraction of sp³-hybridized carbons (Fsp3) is 0.625. The van der Waals surface area contributed by atoms with Crippen LogP contribution in [-0.4, -0.2) is 25.8 Å². The molecule has 1 aromatic carbocycles. The molecule has 19 heavy (non-hydrogen) atoms. The Labute approximate surface area is 117 Å². The Bertz CT molecular complexity index is 337. The summed E-state index contributed by atoms with van der Waals surface area (Å²) in [5.41, 5.74) is 0. The topological polar surface area (TPSA) is 30.5 Å². The normalized spacial score (nSPS) is 13.9. The molecule has 2 unspecified atom stereocenters. The van der Waals surface area contributed by atoms with E-state index in [0.717, 1.165) is 30.8 Å². The Morgan fingerprint density at radius 3 is 2.16 bits per heavy atom. The number of likely N-dealkylation sites (N-methyl/N-ethyl adjacent to an activating group) is 1. The molecule has 2 atom stereocenters. The zero-order chi connectivity index (χ0) is 14.1. The van der Waals surface area contributed by atoms with Crippen LogP contribution in [0.15, 0.2) is 24.3 Å². The zero-order valence-electron chi connectivity index (χ0n) is 12.6. The third-order valence-corrected chi connectivity index (χ3v) is 3.24. The maximum absolute atomic E-state index is 6.08. The second-order valence-electron chi connectivity index (χ2n) is 4.65. The SMILES string of the molecule is CCCC(NC)C(CC)Oc1ccc(OCC)cc1. The van der Waals surface area contributed by atoms with Crippen molar-refractivity contribution < 1.29 is 9.47 Å². The van der Waals surface area contributed by atoms with Gasteiger partial charge in [-0.25, -0.2) is 0 Å². The Balaban J connectivity index is 2.63. The first-order chi connectivity index (χ1) is 9.24. The summed E-state index contributed by atoms with van der Waals surface area (Å²) in [7, 11) is 2.00. The summed E-state index contributed by atoms with van der Waals surface area (Å²) in [5, 5.41) is 3.36. The van der Waals surface area contributed by atoms with Gasteiger partial charge in [-0.3, -0.25) is 0 Å². The van der Waals surface area contributed by atoms with Crippen molar-refractivity contribution in [3.63, 3.8) is 0 Å². The van der Waals surface area contributed by atoms with Gasteiger partial charge in [-0.2, -0.15) is 0 Å². The highest BCUT2D eigenvalue weighted by Gasteiger charge is 2.19. The van der Waals surface area contributed by atoms with E-state index >= 15 is 0 Å². The summed E-state index contributed by atoms with van der Waals surface area (Å²) in [6.45, 7) is 7.04. The van der Waals surface area contributed by atoms with Crippen LogP contribution in [0.5, 0.6) is 11.5 Å². The van der Waals surface area contributed by atoms with Gasteiger partial charge in [0.05, 0.1) is 6.61 Å². The quantitative estimate of drug-likeness (QED) is 0.739. The van der Waals surface area contributed by atoms with Crippen molar-refractivity contribution in [1.82, 2.24) is 5.32 Å². The third-order valence-electron chi connectivity index (χ3n) is 3.24. The molecule has 0 bridgehead atoms. The summed E-state index contributed by atoms with van der Waals surface area (Å²) in [5.74, 6) is 1.80. The fourth-order valence-electron chi connectivity index (χ4n) is 2.23. The van der Waals surface area contributed by atoms with Crippen LogP contribution in [0.3, 0.4) is 0 Å². The minimum Gasteiger partial charge on any atom is -0.494 e. The van der Waals surface area contributed by atoms with Gasteiger partial charge in [0.1, 0.15) is 17.6 Å². The zero-order valence-corrected chi connectivity index (χ0v) is 12.6. The van der Waals surface area contributed by atoms with Crippen LogP contribution in [0, 0.1) is 0 Å². The lowest BCUT2D eigenvalue weighted by atomic mass is 10.0. The highest BCUT2D eigenvalue weighted by atomic mass is 16.5. The van der Waals surface area contributed by atoms with Crippen molar-refractivity contribution in [2.24, 2.45) is 0 Å².